The molecule has 0 fully saturated rings. The molecule has 142 valence electrons. The van der Waals surface area contributed by atoms with Crippen molar-refractivity contribution in [3.63, 3.8) is 0 Å². The van der Waals surface area contributed by atoms with Gasteiger partial charge in [-0.25, -0.2) is 0 Å². The maximum atomic E-state index is 2.38. The Morgan fingerprint density at radius 2 is 1.24 bits per heavy atom. The third kappa shape index (κ3) is 4.51. The van der Waals surface area contributed by atoms with Crippen LogP contribution in [0.2, 0.25) is 0 Å². The first-order valence-corrected chi connectivity index (χ1v) is 10.6. The SMILES string of the molecule is CCCCc1cccc(-c2ccccc2B(c2ccccc2)c2ccccc2)c1. The fourth-order valence-corrected chi connectivity index (χ4v) is 4.13. The molecule has 1 heteroatoms. The number of benzene rings is 4. The number of unbranched alkanes of at least 4 members (excludes halogenated alkanes) is 1. The van der Waals surface area contributed by atoms with Crippen LogP contribution in [0.5, 0.6) is 0 Å². The summed E-state index contributed by atoms with van der Waals surface area (Å²) in [6.45, 7) is 2.47. The Labute approximate surface area is 175 Å². The fourth-order valence-electron chi connectivity index (χ4n) is 4.13. The third-order valence-corrected chi connectivity index (χ3v) is 5.59. The highest BCUT2D eigenvalue weighted by Crippen LogP contribution is 2.20. The Bertz CT molecular complexity index is 998. The lowest BCUT2D eigenvalue weighted by Crippen LogP contribution is -2.52. The average molecular weight is 374 g/mol. The van der Waals surface area contributed by atoms with Crippen molar-refractivity contribution in [2.75, 3.05) is 0 Å². The number of rotatable bonds is 7. The third-order valence-electron chi connectivity index (χ3n) is 5.59. The highest BCUT2D eigenvalue weighted by atomic mass is 14.1. The van der Waals surface area contributed by atoms with E-state index in [-0.39, 0.29) is 6.71 Å². The molecule has 0 atom stereocenters. The van der Waals surface area contributed by atoms with Gasteiger partial charge in [-0.3, -0.25) is 0 Å². The zero-order valence-corrected chi connectivity index (χ0v) is 17.1. The minimum Gasteiger partial charge on any atom is -0.0686 e. The number of hydrogen-bond donors (Lipinski definition) is 0. The molecule has 0 aromatic heterocycles. The predicted octanol–water partition coefficient (Wildman–Crippen LogP) is 5.21. The van der Waals surface area contributed by atoms with E-state index in [1.807, 2.05) is 0 Å². The molecular weight excluding hydrogens is 347 g/mol. The summed E-state index contributed by atoms with van der Waals surface area (Å²) in [6.07, 6.45) is 3.61. The van der Waals surface area contributed by atoms with Gasteiger partial charge in [0.05, 0.1) is 0 Å². The molecule has 0 nitrogen and oxygen atoms in total. The van der Waals surface area contributed by atoms with Gasteiger partial charge >= 0.3 is 0 Å². The van der Waals surface area contributed by atoms with Crippen molar-refractivity contribution in [3.05, 3.63) is 115 Å². The smallest absolute Gasteiger partial charge is 0.0686 e. The van der Waals surface area contributed by atoms with Gasteiger partial charge in [0, 0.05) is 0 Å². The molecule has 0 saturated heterocycles. The van der Waals surface area contributed by atoms with Crippen LogP contribution in [0.1, 0.15) is 25.3 Å². The van der Waals surface area contributed by atoms with E-state index < -0.39 is 0 Å². The average Bonchev–Trinajstić information content (AvgIpc) is 2.80. The molecule has 0 bridgehead atoms. The van der Waals surface area contributed by atoms with Gasteiger partial charge in [-0.2, -0.15) is 0 Å². The first kappa shape index (κ1) is 19.3. The molecule has 0 aliphatic heterocycles. The van der Waals surface area contributed by atoms with Crippen LogP contribution >= 0.6 is 0 Å². The van der Waals surface area contributed by atoms with E-state index in [1.165, 1.54) is 45.9 Å². The summed E-state index contributed by atoms with van der Waals surface area (Å²) in [6, 6.07) is 39.7. The fraction of sp³-hybridized carbons (Fsp3) is 0.143. The van der Waals surface area contributed by atoms with Crippen molar-refractivity contribution in [1.29, 1.82) is 0 Å². The summed E-state index contributed by atoms with van der Waals surface area (Å²) in [5, 5.41) is 0. The minimum absolute atomic E-state index is 0.216. The van der Waals surface area contributed by atoms with Crippen molar-refractivity contribution in [2.24, 2.45) is 0 Å². The van der Waals surface area contributed by atoms with Crippen LogP contribution in [0.4, 0.5) is 0 Å². The van der Waals surface area contributed by atoms with E-state index in [2.05, 4.69) is 116 Å². The summed E-state index contributed by atoms with van der Waals surface area (Å²) >= 11 is 0. The first-order valence-electron chi connectivity index (χ1n) is 10.6. The van der Waals surface area contributed by atoms with Crippen LogP contribution in [0.15, 0.2) is 109 Å². The second-order valence-electron chi connectivity index (χ2n) is 7.65. The predicted molar refractivity (Wildman–Crippen MR) is 128 cm³/mol. The second kappa shape index (κ2) is 9.43. The standard InChI is InChI=1S/C28H27B/c1-2-3-13-23-14-12-15-24(22-23)27-20-10-11-21-28(27)29(25-16-6-4-7-17-25)26-18-8-5-9-19-26/h4-12,14-22H,2-3,13H2,1H3. The van der Waals surface area contributed by atoms with Gasteiger partial charge in [-0.1, -0.05) is 139 Å². The summed E-state index contributed by atoms with van der Waals surface area (Å²) < 4.78 is 0. The summed E-state index contributed by atoms with van der Waals surface area (Å²) in [4.78, 5) is 0. The lowest BCUT2D eigenvalue weighted by molar-refractivity contribution is 0.795. The van der Waals surface area contributed by atoms with Crippen LogP contribution < -0.4 is 16.4 Å². The minimum atomic E-state index is 0.216. The van der Waals surface area contributed by atoms with Crippen molar-refractivity contribution in [2.45, 2.75) is 26.2 Å². The van der Waals surface area contributed by atoms with E-state index in [9.17, 15) is 0 Å². The van der Waals surface area contributed by atoms with Crippen molar-refractivity contribution < 1.29 is 0 Å². The van der Waals surface area contributed by atoms with Gasteiger partial charge in [-0.05, 0) is 29.5 Å². The molecule has 4 aromatic carbocycles. The topological polar surface area (TPSA) is 0 Å². The maximum absolute atomic E-state index is 2.38. The van der Waals surface area contributed by atoms with Crippen LogP contribution in [-0.4, -0.2) is 6.71 Å². The van der Waals surface area contributed by atoms with Crippen LogP contribution in [0.25, 0.3) is 11.1 Å². The highest BCUT2D eigenvalue weighted by Gasteiger charge is 2.24. The Balaban J connectivity index is 1.84. The Hall–Kier alpha value is -3.06. The molecule has 0 unspecified atom stereocenters. The maximum Gasteiger partial charge on any atom is 0.241 e. The largest absolute Gasteiger partial charge is 0.241 e. The monoisotopic (exact) mass is 374 g/mol. The molecular formula is C28H27B. The van der Waals surface area contributed by atoms with E-state index >= 15 is 0 Å². The van der Waals surface area contributed by atoms with Gasteiger partial charge in [0.1, 0.15) is 0 Å². The number of aryl methyl sites for hydroxylation is 1. The van der Waals surface area contributed by atoms with Crippen molar-refractivity contribution >= 4 is 23.1 Å². The van der Waals surface area contributed by atoms with E-state index in [0.717, 1.165) is 6.42 Å². The zero-order chi connectivity index (χ0) is 19.9. The molecule has 0 saturated carbocycles. The lowest BCUT2D eigenvalue weighted by Gasteiger charge is -2.19. The Kier molecular flexibility index (Phi) is 6.27. The summed E-state index contributed by atoms with van der Waals surface area (Å²) in [5.74, 6) is 0. The molecule has 0 aliphatic rings. The molecule has 4 rings (SSSR count). The molecule has 0 spiro atoms. The molecule has 4 aromatic rings. The zero-order valence-electron chi connectivity index (χ0n) is 17.1. The molecule has 0 aliphatic carbocycles. The van der Waals surface area contributed by atoms with Gasteiger partial charge < -0.3 is 0 Å². The quantitative estimate of drug-likeness (QED) is 0.390. The molecule has 0 N–H and O–H groups in total. The summed E-state index contributed by atoms with van der Waals surface area (Å²) in [5.41, 5.74) is 8.07. The van der Waals surface area contributed by atoms with Crippen molar-refractivity contribution in [3.8, 4) is 11.1 Å². The van der Waals surface area contributed by atoms with Gasteiger partial charge in [0.25, 0.3) is 0 Å². The molecule has 29 heavy (non-hydrogen) atoms. The lowest BCUT2D eigenvalue weighted by atomic mass is 9.36. The van der Waals surface area contributed by atoms with Crippen LogP contribution in [0.3, 0.4) is 0 Å². The van der Waals surface area contributed by atoms with Crippen molar-refractivity contribution in [1.82, 2.24) is 0 Å². The first-order chi connectivity index (χ1) is 14.4. The second-order valence-corrected chi connectivity index (χ2v) is 7.65. The van der Waals surface area contributed by atoms with Gasteiger partial charge in [-0.15, -0.1) is 0 Å². The summed E-state index contributed by atoms with van der Waals surface area (Å²) in [7, 11) is 0. The Morgan fingerprint density at radius 1 is 0.621 bits per heavy atom. The molecule has 0 amide bonds. The van der Waals surface area contributed by atoms with Crippen LogP contribution in [-0.2, 0) is 6.42 Å². The molecule has 0 heterocycles. The van der Waals surface area contributed by atoms with E-state index in [0.29, 0.717) is 0 Å². The van der Waals surface area contributed by atoms with E-state index in [4.69, 9.17) is 0 Å². The Morgan fingerprint density at radius 3 is 1.90 bits per heavy atom. The van der Waals surface area contributed by atoms with Gasteiger partial charge in [0.2, 0.25) is 6.71 Å². The van der Waals surface area contributed by atoms with E-state index in [1.54, 1.807) is 0 Å². The highest BCUT2D eigenvalue weighted by molar-refractivity contribution is 6.96. The number of hydrogen-bond acceptors (Lipinski definition) is 0. The normalized spacial score (nSPS) is 10.7. The molecule has 0 radical (unpaired) electrons. The van der Waals surface area contributed by atoms with Crippen LogP contribution in [0, 0.1) is 0 Å². The van der Waals surface area contributed by atoms with Gasteiger partial charge in [0.15, 0.2) is 0 Å².